The number of carbonyl (C=O) groups is 3. The molecule has 3 aliphatic rings. The number of benzene rings is 1. The van der Waals surface area contributed by atoms with Gasteiger partial charge in [-0.2, -0.15) is 14.3 Å². The number of rotatable bonds is 6. The quantitative estimate of drug-likeness (QED) is 0.546. The lowest BCUT2D eigenvalue weighted by atomic mass is 9.94. The average Bonchev–Trinajstić information content (AvgIpc) is 3.45. The van der Waals surface area contributed by atoms with E-state index in [0.29, 0.717) is 11.3 Å². The van der Waals surface area contributed by atoms with Crippen molar-refractivity contribution in [3.63, 3.8) is 0 Å². The highest BCUT2D eigenvalue weighted by molar-refractivity contribution is 7.93. The molecule has 0 bridgehead atoms. The minimum Gasteiger partial charge on any atom is -0.290 e. The number of allylic oxidation sites excluding steroid dienone is 2. The summed E-state index contributed by atoms with van der Waals surface area (Å²) in [5.74, 6) is -1.95. The number of hydrogen-bond donors (Lipinski definition) is 1. The third-order valence-corrected chi connectivity index (χ3v) is 7.25. The zero-order valence-electron chi connectivity index (χ0n) is 16.7. The van der Waals surface area contributed by atoms with Gasteiger partial charge in [0.2, 0.25) is 15.8 Å². The molecule has 1 atom stereocenters. The van der Waals surface area contributed by atoms with Crippen LogP contribution in [0.1, 0.15) is 30.1 Å². The van der Waals surface area contributed by atoms with Crippen LogP contribution >= 0.6 is 0 Å². The van der Waals surface area contributed by atoms with Gasteiger partial charge in [-0.05, 0) is 38.0 Å². The summed E-state index contributed by atoms with van der Waals surface area (Å²) in [7, 11) is -2.30. The molecule has 3 amide bonds. The van der Waals surface area contributed by atoms with Gasteiger partial charge in [0.25, 0.3) is 0 Å². The lowest BCUT2D eigenvalue weighted by Gasteiger charge is -2.26. The molecule has 30 heavy (non-hydrogen) atoms. The molecule has 4 rings (SSSR count). The number of sulfonamides is 1. The summed E-state index contributed by atoms with van der Waals surface area (Å²) in [6, 6.07) is 7.76. The van der Waals surface area contributed by atoms with Crippen molar-refractivity contribution in [2.75, 3.05) is 13.6 Å². The molecule has 1 fully saturated rings. The standard InChI is InChI=1S/C21H22N3O5S/c1-21(10-11-21)22-30(28,29)15-8-9-17-16(12-15)19(26)24(20(27)23(17)2)13-18(25)14-6-4-3-5-7-14/h3-9,12,16,22H,10-11,13H2,1-2H3/q+1. The molecule has 9 heteroatoms. The van der Waals surface area contributed by atoms with Crippen LogP contribution in [0.4, 0.5) is 4.79 Å². The van der Waals surface area contributed by atoms with Gasteiger partial charge in [-0.15, -0.1) is 0 Å². The van der Waals surface area contributed by atoms with Gasteiger partial charge < -0.3 is 0 Å². The SMILES string of the molecule is C[N+]1=C2C=CC(S(=O)(=O)NC3(C)CC3)=CC2C(=O)N(CC(=O)c2ccccc2)C1=O. The van der Waals surface area contributed by atoms with E-state index in [-0.39, 0.29) is 10.7 Å². The summed E-state index contributed by atoms with van der Waals surface area (Å²) < 4.78 is 29.4. The first kappa shape index (κ1) is 20.4. The van der Waals surface area contributed by atoms with Crippen molar-refractivity contribution in [1.29, 1.82) is 0 Å². The van der Waals surface area contributed by atoms with Gasteiger partial charge in [-0.3, -0.25) is 4.79 Å². The Bertz CT molecular complexity index is 1140. The summed E-state index contributed by atoms with van der Waals surface area (Å²) in [5.41, 5.74) is 0.319. The minimum atomic E-state index is -3.80. The average molecular weight is 428 g/mol. The molecule has 0 radical (unpaired) electrons. The third kappa shape index (κ3) is 3.66. The van der Waals surface area contributed by atoms with E-state index in [1.165, 1.54) is 29.9 Å². The lowest BCUT2D eigenvalue weighted by molar-refractivity contribution is -0.406. The van der Waals surface area contributed by atoms with Crippen molar-refractivity contribution in [2.45, 2.75) is 25.3 Å². The second-order valence-electron chi connectivity index (χ2n) is 8.03. The molecular weight excluding hydrogens is 406 g/mol. The monoisotopic (exact) mass is 428 g/mol. The highest BCUT2D eigenvalue weighted by Gasteiger charge is 2.48. The zero-order valence-corrected chi connectivity index (χ0v) is 17.5. The summed E-state index contributed by atoms with van der Waals surface area (Å²) in [6.07, 6.45) is 5.72. The molecule has 1 saturated carbocycles. The molecule has 1 unspecified atom stereocenters. The second-order valence-corrected chi connectivity index (χ2v) is 9.71. The molecule has 0 saturated heterocycles. The van der Waals surface area contributed by atoms with Gasteiger partial charge in [0.05, 0.1) is 12.0 Å². The number of hydrogen-bond acceptors (Lipinski definition) is 5. The Kier molecular flexibility index (Phi) is 4.82. The number of imide groups is 1. The molecule has 1 aromatic rings. The van der Waals surface area contributed by atoms with Crippen LogP contribution in [0.3, 0.4) is 0 Å². The first-order chi connectivity index (χ1) is 14.1. The molecule has 0 spiro atoms. The molecule has 1 aliphatic heterocycles. The number of nitrogens with one attached hydrogen (secondary N) is 1. The van der Waals surface area contributed by atoms with E-state index in [1.807, 2.05) is 6.92 Å². The lowest BCUT2D eigenvalue weighted by Crippen LogP contribution is -2.55. The summed E-state index contributed by atoms with van der Waals surface area (Å²) in [6.45, 7) is 1.41. The first-order valence-electron chi connectivity index (χ1n) is 9.59. The largest absolute Gasteiger partial charge is 0.501 e. The van der Waals surface area contributed by atoms with Crippen LogP contribution in [-0.2, 0) is 14.8 Å². The van der Waals surface area contributed by atoms with Crippen molar-refractivity contribution >= 4 is 33.5 Å². The molecule has 1 heterocycles. The van der Waals surface area contributed by atoms with E-state index in [2.05, 4.69) is 4.72 Å². The number of Topliss-reactive ketones (excluding diaryl/α,β-unsaturated/α-hetero) is 1. The smallest absolute Gasteiger partial charge is 0.290 e. The second kappa shape index (κ2) is 7.10. The van der Waals surface area contributed by atoms with Gasteiger partial charge in [0.15, 0.2) is 6.54 Å². The fourth-order valence-electron chi connectivity index (χ4n) is 3.50. The van der Waals surface area contributed by atoms with Crippen LogP contribution in [0.15, 0.2) is 53.5 Å². The van der Waals surface area contributed by atoms with Crippen molar-refractivity contribution in [1.82, 2.24) is 9.62 Å². The molecule has 1 N–H and O–H groups in total. The van der Waals surface area contributed by atoms with Crippen LogP contribution in [0.25, 0.3) is 0 Å². The van der Waals surface area contributed by atoms with E-state index in [0.717, 1.165) is 17.7 Å². The fraction of sp³-hybridized carbons (Fsp3) is 0.333. The molecular formula is C21H22N3O5S+. The molecule has 2 aliphatic carbocycles. The van der Waals surface area contributed by atoms with Gasteiger partial charge in [-0.25, -0.2) is 17.9 Å². The highest BCUT2D eigenvalue weighted by Crippen LogP contribution is 2.36. The number of ketones is 1. The molecule has 1 aromatic carbocycles. The van der Waals surface area contributed by atoms with Crippen molar-refractivity contribution in [2.24, 2.45) is 5.92 Å². The van der Waals surface area contributed by atoms with E-state index in [1.54, 1.807) is 30.3 Å². The van der Waals surface area contributed by atoms with Crippen LogP contribution in [0.5, 0.6) is 0 Å². The van der Waals surface area contributed by atoms with Gasteiger partial charge in [0.1, 0.15) is 11.6 Å². The van der Waals surface area contributed by atoms with E-state index in [9.17, 15) is 22.8 Å². The maximum atomic E-state index is 13.1. The highest BCUT2D eigenvalue weighted by atomic mass is 32.2. The number of carbonyl (C=O) groups excluding carboxylic acids is 3. The van der Waals surface area contributed by atoms with Gasteiger partial charge >= 0.3 is 11.9 Å². The Hall–Kier alpha value is -2.91. The number of fused-ring (bicyclic) bond motifs is 1. The van der Waals surface area contributed by atoms with Crippen molar-refractivity contribution < 1.29 is 27.4 Å². The predicted octanol–water partition coefficient (Wildman–Crippen LogP) is 1.46. The number of amides is 3. The topological polar surface area (TPSA) is 104 Å². The first-order valence-corrected chi connectivity index (χ1v) is 11.1. The molecule has 8 nitrogen and oxygen atoms in total. The van der Waals surface area contributed by atoms with E-state index < -0.39 is 40.0 Å². The van der Waals surface area contributed by atoms with Gasteiger partial charge in [0, 0.05) is 11.1 Å². The number of nitrogens with zero attached hydrogens (tertiary/aromatic N) is 2. The van der Waals surface area contributed by atoms with Crippen molar-refractivity contribution in [3.8, 4) is 0 Å². The van der Waals surface area contributed by atoms with Crippen LogP contribution in [0, 0.1) is 5.92 Å². The minimum absolute atomic E-state index is 0.0187. The fourth-order valence-corrected chi connectivity index (χ4v) is 5.04. The third-order valence-electron chi connectivity index (χ3n) is 5.59. The Morgan fingerprint density at radius 2 is 1.87 bits per heavy atom. The van der Waals surface area contributed by atoms with Crippen LogP contribution < -0.4 is 4.72 Å². The Morgan fingerprint density at radius 1 is 1.20 bits per heavy atom. The van der Waals surface area contributed by atoms with Gasteiger partial charge in [-0.1, -0.05) is 30.3 Å². The summed E-state index contributed by atoms with van der Waals surface area (Å²) in [4.78, 5) is 39.2. The Balaban J connectivity index is 1.63. The molecule has 156 valence electrons. The van der Waals surface area contributed by atoms with E-state index >= 15 is 0 Å². The van der Waals surface area contributed by atoms with Crippen LogP contribution in [0.2, 0.25) is 0 Å². The maximum Gasteiger partial charge on any atom is 0.501 e. The van der Waals surface area contributed by atoms with Crippen LogP contribution in [-0.4, -0.2) is 60.5 Å². The van der Waals surface area contributed by atoms with E-state index in [4.69, 9.17) is 0 Å². The summed E-state index contributed by atoms with van der Waals surface area (Å²) in [5, 5.41) is 0. The predicted molar refractivity (Wildman–Crippen MR) is 109 cm³/mol. The summed E-state index contributed by atoms with van der Waals surface area (Å²) >= 11 is 0. The Labute approximate surface area is 174 Å². The maximum absolute atomic E-state index is 13.1. The number of urea groups is 1. The zero-order chi connectivity index (χ0) is 21.7. The Morgan fingerprint density at radius 3 is 2.50 bits per heavy atom. The molecule has 0 aromatic heterocycles. The van der Waals surface area contributed by atoms with Crippen molar-refractivity contribution in [3.05, 3.63) is 59.0 Å². The normalized spacial score (nSPS) is 22.7.